The van der Waals surface area contributed by atoms with Crippen LogP contribution in [0, 0.1) is 6.92 Å². The van der Waals surface area contributed by atoms with Crippen molar-refractivity contribution in [1.82, 2.24) is 15.0 Å². The first-order valence-electron chi connectivity index (χ1n) is 11.8. The van der Waals surface area contributed by atoms with Gasteiger partial charge in [-0.05, 0) is 24.6 Å². The molecule has 0 atom stereocenters. The molecule has 1 aliphatic heterocycles. The Bertz CT molecular complexity index is 1040. The summed E-state index contributed by atoms with van der Waals surface area (Å²) in [4.78, 5) is 15.7. The molecule has 34 heavy (non-hydrogen) atoms. The molecule has 0 saturated carbocycles. The highest BCUT2D eigenvalue weighted by Gasteiger charge is 2.17. The summed E-state index contributed by atoms with van der Waals surface area (Å²) in [5.41, 5.74) is 3.19. The van der Waals surface area contributed by atoms with Crippen molar-refractivity contribution in [3.05, 3.63) is 71.5 Å². The number of hydrogen-bond acceptors (Lipinski definition) is 8. The molecule has 8 heteroatoms. The fourth-order valence-electron chi connectivity index (χ4n) is 3.34. The van der Waals surface area contributed by atoms with Gasteiger partial charge in [-0.25, -0.2) is 0 Å². The van der Waals surface area contributed by atoms with Crippen molar-refractivity contribution < 1.29 is 9.47 Å². The Labute approximate surface area is 202 Å². The van der Waals surface area contributed by atoms with Gasteiger partial charge in [0.1, 0.15) is 5.82 Å². The van der Waals surface area contributed by atoms with Crippen LogP contribution in [-0.4, -0.2) is 61.1 Å². The molecule has 180 valence electrons. The first-order valence-corrected chi connectivity index (χ1v) is 11.8. The summed E-state index contributed by atoms with van der Waals surface area (Å²) in [7, 11) is 1.87. The molecule has 1 fully saturated rings. The van der Waals surface area contributed by atoms with Crippen LogP contribution in [0.2, 0.25) is 0 Å². The molecule has 0 N–H and O–H groups in total. The molecule has 0 aliphatic carbocycles. The Balaban J connectivity index is 0.00000158. The standard InChI is InChI=1S/C24H28N6O2.C2H6/c1-19-6-5-7-20(16-19)18-26-29(2)22-17-23(30-11-14-31-15-12-30)28-24(27-22)32-13-9-21-8-3-4-10-25-21;1-2/h3-8,10,16-18H,9,11-15H2,1-2H3;1-2H3/b26-18+;. The quantitative estimate of drug-likeness (QED) is 0.368. The molecule has 1 aliphatic rings. The summed E-state index contributed by atoms with van der Waals surface area (Å²) < 4.78 is 11.4. The van der Waals surface area contributed by atoms with Gasteiger partial charge < -0.3 is 14.4 Å². The van der Waals surface area contributed by atoms with Gasteiger partial charge >= 0.3 is 6.01 Å². The van der Waals surface area contributed by atoms with Crippen molar-refractivity contribution in [2.24, 2.45) is 5.10 Å². The number of rotatable bonds is 8. The minimum absolute atomic E-state index is 0.331. The summed E-state index contributed by atoms with van der Waals surface area (Å²) in [5.74, 6) is 1.47. The Morgan fingerprint density at radius 3 is 2.65 bits per heavy atom. The maximum Gasteiger partial charge on any atom is 0.320 e. The van der Waals surface area contributed by atoms with Crippen molar-refractivity contribution in [2.75, 3.05) is 49.9 Å². The second-order valence-corrected chi connectivity index (χ2v) is 7.57. The fraction of sp³-hybridized carbons (Fsp3) is 0.385. The molecule has 1 saturated heterocycles. The summed E-state index contributed by atoms with van der Waals surface area (Å²) in [5, 5.41) is 6.31. The van der Waals surface area contributed by atoms with E-state index in [-0.39, 0.29) is 0 Å². The van der Waals surface area contributed by atoms with Crippen LogP contribution in [0.4, 0.5) is 11.6 Å². The minimum Gasteiger partial charge on any atom is -0.463 e. The van der Waals surface area contributed by atoms with E-state index in [0.717, 1.165) is 30.2 Å². The number of hydrogen-bond donors (Lipinski definition) is 0. The number of anilines is 2. The Hall–Kier alpha value is -3.52. The van der Waals surface area contributed by atoms with E-state index in [1.807, 2.05) is 63.5 Å². The summed E-state index contributed by atoms with van der Waals surface area (Å²) in [6.45, 7) is 9.42. The highest BCUT2D eigenvalue weighted by atomic mass is 16.5. The molecular formula is C26H34N6O2. The molecule has 0 radical (unpaired) electrons. The van der Waals surface area contributed by atoms with Crippen LogP contribution >= 0.6 is 0 Å². The van der Waals surface area contributed by atoms with Gasteiger partial charge in [0.05, 0.1) is 26.0 Å². The van der Waals surface area contributed by atoms with E-state index in [9.17, 15) is 0 Å². The van der Waals surface area contributed by atoms with Crippen molar-refractivity contribution in [1.29, 1.82) is 0 Å². The molecule has 2 aromatic heterocycles. The first-order chi connectivity index (χ1) is 16.7. The Kier molecular flexibility index (Phi) is 9.79. The topological polar surface area (TPSA) is 76.0 Å². The SMILES string of the molecule is CC.Cc1cccc(/C=N/N(C)c2cc(N3CCOCC3)nc(OCCc3ccccn3)n2)c1. The van der Waals surface area contributed by atoms with E-state index in [0.29, 0.717) is 38.1 Å². The van der Waals surface area contributed by atoms with Gasteiger partial charge in [0.15, 0.2) is 5.82 Å². The zero-order valence-electron chi connectivity index (χ0n) is 20.5. The van der Waals surface area contributed by atoms with Crippen LogP contribution in [0.25, 0.3) is 0 Å². The molecule has 0 bridgehead atoms. The third-order valence-electron chi connectivity index (χ3n) is 5.08. The lowest BCUT2D eigenvalue weighted by atomic mass is 10.2. The second kappa shape index (κ2) is 13.3. The van der Waals surface area contributed by atoms with Gasteiger partial charge in [-0.15, -0.1) is 0 Å². The van der Waals surface area contributed by atoms with E-state index in [2.05, 4.69) is 44.0 Å². The van der Waals surface area contributed by atoms with Crippen molar-refractivity contribution in [3.63, 3.8) is 0 Å². The molecule has 1 aromatic carbocycles. The summed E-state index contributed by atoms with van der Waals surface area (Å²) in [6, 6.07) is 16.3. The predicted octanol–water partition coefficient (Wildman–Crippen LogP) is 4.13. The van der Waals surface area contributed by atoms with Crippen LogP contribution in [0.3, 0.4) is 0 Å². The van der Waals surface area contributed by atoms with Crippen molar-refractivity contribution in [3.8, 4) is 6.01 Å². The smallest absolute Gasteiger partial charge is 0.320 e. The lowest BCUT2D eigenvalue weighted by Gasteiger charge is -2.28. The number of benzene rings is 1. The van der Waals surface area contributed by atoms with Crippen molar-refractivity contribution >= 4 is 17.9 Å². The maximum absolute atomic E-state index is 5.91. The molecular weight excluding hydrogens is 428 g/mol. The Morgan fingerprint density at radius 1 is 1.09 bits per heavy atom. The highest BCUT2D eigenvalue weighted by molar-refractivity contribution is 5.80. The maximum atomic E-state index is 5.91. The summed E-state index contributed by atoms with van der Waals surface area (Å²) >= 11 is 0. The van der Waals surface area contributed by atoms with E-state index in [1.54, 1.807) is 11.2 Å². The fourth-order valence-corrected chi connectivity index (χ4v) is 3.34. The van der Waals surface area contributed by atoms with Gasteiger partial charge in [0.2, 0.25) is 0 Å². The average molecular weight is 463 g/mol. The normalized spacial score (nSPS) is 13.4. The van der Waals surface area contributed by atoms with Gasteiger partial charge in [-0.3, -0.25) is 9.99 Å². The average Bonchev–Trinajstić information content (AvgIpc) is 2.89. The zero-order valence-corrected chi connectivity index (χ0v) is 20.5. The number of nitrogens with zero attached hydrogens (tertiary/aromatic N) is 6. The molecule has 3 heterocycles. The monoisotopic (exact) mass is 462 g/mol. The van der Waals surface area contributed by atoms with Gasteiger partial charge in [0.25, 0.3) is 0 Å². The largest absolute Gasteiger partial charge is 0.463 e. The third kappa shape index (κ3) is 7.52. The molecule has 3 aromatic rings. The lowest BCUT2D eigenvalue weighted by molar-refractivity contribution is 0.122. The van der Waals surface area contributed by atoms with Crippen LogP contribution in [0.15, 0.2) is 59.8 Å². The van der Waals surface area contributed by atoms with Crippen LogP contribution in [0.1, 0.15) is 30.7 Å². The van der Waals surface area contributed by atoms with Gasteiger partial charge in [0, 0.05) is 44.5 Å². The zero-order chi connectivity index (χ0) is 24.2. The number of ether oxygens (including phenoxy) is 2. The van der Waals surface area contributed by atoms with Crippen LogP contribution in [-0.2, 0) is 11.2 Å². The van der Waals surface area contributed by atoms with E-state index < -0.39 is 0 Å². The minimum atomic E-state index is 0.331. The molecule has 8 nitrogen and oxygen atoms in total. The highest BCUT2D eigenvalue weighted by Crippen LogP contribution is 2.23. The lowest BCUT2D eigenvalue weighted by Crippen LogP contribution is -2.37. The number of aryl methyl sites for hydroxylation is 1. The van der Waals surface area contributed by atoms with Gasteiger partial charge in [-0.2, -0.15) is 15.1 Å². The van der Waals surface area contributed by atoms with Crippen LogP contribution in [0.5, 0.6) is 6.01 Å². The van der Waals surface area contributed by atoms with E-state index >= 15 is 0 Å². The molecule has 0 amide bonds. The molecule has 0 spiro atoms. The Morgan fingerprint density at radius 2 is 1.91 bits per heavy atom. The molecule has 4 rings (SSSR count). The third-order valence-corrected chi connectivity index (χ3v) is 5.08. The second-order valence-electron chi connectivity index (χ2n) is 7.57. The van der Waals surface area contributed by atoms with E-state index in [4.69, 9.17) is 9.47 Å². The number of aromatic nitrogens is 3. The number of pyridine rings is 1. The van der Waals surface area contributed by atoms with Crippen LogP contribution < -0.4 is 14.6 Å². The predicted molar refractivity (Wildman–Crippen MR) is 137 cm³/mol. The first kappa shape index (κ1) is 25.1. The number of hydrazone groups is 1. The van der Waals surface area contributed by atoms with Crippen molar-refractivity contribution in [2.45, 2.75) is 27.2 Å². The molecule has 0 unspecified atom stereocenters. The number of morpholine rings is 1. The van der Waals surface area contributed by atoms with Gasteiger partial charge in [-0.1, -0.05) is 49.7 Å². The summed E-state index contributed by atoms with van der Waals surface area (Å²) in [6.07, 6.45) is 4.29. The van der Waals surface area contributed by atoms with E-state index in [1.165, 1.54) is 5.56 Å².